The molecule has 0 saturated carbocycles. The SMILES string of the molecule is Cc1ccn(C(C)CCC(C)C2=NOC(C(C)C)C2)c(=O)c1. The topological polar surface area (TPSA) is 43.6 Å². The van der Waals surface area contributed by atoms with Crippen LogP contribution in [-0.2, 0) is 4.84 Å². The van der Waals surface area contributed by atoms with Crippen molar-refractivity contribution in [1.82, 2.24) is 4.57 Å². The fraction of sp³-hybridized carbons (Fsp3) is 0.667. The lowest BCUT2D eigenvalue weighted by atomic mass is 9.92. The van der Waals surface area contributed by atoms with Crippen LogP contribution in [0.3, 0.4) is 0 Å². The highest BCUT2D eigenvalue weighted by Crippen LogP contribution is 2.25. The van der Waals surface area contributed by atoms with Crippen molar-refractivity contribution >= 4 is 5.71 Å². The van der Waals surface area contributed by atoms with Gasteiger partial charge in [0, 0.05) is 24.7 Å². The highest BCUT2D eigenvalue weighted by molar-refractivity contribution is 5.87. The van der Waals surface area contributed by atoms with E-state index in [1.54, 1.807) is 6.07 Å². The first-order chi connectivity index (χ1) is 10.4. The Labute approximate surface area is 133 Å². The largest absolute Gasteiger partial charge is 0.392 e. The summed E-state index contributed by atoms with van der Waals surface area (Å²) in [7, 11) is 0. The van der Waals surface area contributed by atoms with Crippen LogP contribution in [-0.4, -0.2) is 16.4 Å². The second-order valence-corrected chi connectivity index (χ2v) is 6.95. The molecule has 0 spiro atoms. The Morgan fingerprint density at radius 1 is 1.32 bits per heavy atom. The van der Waals surface area contributed by atoms with Gasteiger partial charge in [-0.1, -0.05) is 25.9 Å². The second kappa shape index (κ2) is 7.12. The first-order valence-corrected chi connectivity index (χ1v) is 8.30. The molecular weight excluding hydrogens is 276 g/mol. The Hall–Kier alpha value is -1.58. The Morgan fingerprint density at radius 2 is 2.05 bits per heavy atom. The molecule has 122 valence electrons. The third-order valence-electron chi connectivity index (χ3n) is 4.62. The van der Waals surface area contributed by atoms with Gasteiger partial charge in [0.2, 0.25) is 0 Å². The predicted octanol–water partition coefficient (Wildman–Crippen LogP) is 3.93. The highest BCUT2D eigenvalue weighted by atomic mass is 16.6. The lowest BCUT2D eigenvalue weighted by Gasteiger charge is -2.18. The molecule has 2 rings (SSSR count). The summed E-state index contributed by atoms with van der Waals surface area (Å²) >= 11 is 0. The minimum atomic E-state index is 0.0848. The molecule has 0 aromatic carbocycles. The molecular formula is C18H28N2O2. The maximum Gasteiger partial charge on any atom is 0.251 e. The normalized spacial score (nSPS) is 20.6. The summed E-state index contributed by atoms with van der Waals surface area (Å²) < 4.78 is 1.82. The fourth-order valence-electron chi connectivity index (χ4n) is 2.81. The van der Waals surface area contributed by atoms with Gasteiger partial charge in [-0.05, 0) is 50.2 Å². The smallest absolute Gasteiger partial charge is 0.251 e. The van der Waals surface area contributed by atoms with Gasteiger partial charge >= 0.3 is 0 Å². The maximum absolute atomic E-state index is 12.0. The number of nitrogens with zero attached hydrogens (tertiary/aromatic N) is 2. The quantitative estimate of drug-likeness (QED) is 0.799. The van der Waals surface area contributed by atoms with E-state index < -0.39 is 0 Å². The number of pyridine rings is 1. The molecule has 4 nitrogen and oxygen atoms in total. The zero-order valence-electron chi connectivity index (χ0n) is 14.4. The number of hydrogen-bond donors (Lipinski definition) is 0. The van der Waals surface area contributed by atoms with Crippen LogP contribution in [0.4, 0.5) is 0 Å². The van der Waals surface area contributed by atoms with Gasteiger partial charge in [0.15, 0.2) is 0 Å². The molecule has 1 aromatic rings. The second-order valence-electron chi connectivity index (χ2n) is 6.95. The van der Waals surface area contributed by atoms with Gasteiger partial charge in [0.05, 0.1) is 5.71 Å². The van der Waals surface area contributed by atoms with Crippen LogP contribution in [0.25, 0.3) is 0 Å². The summed E-state index contributed by atoms with van der Waals surface area (Å²) in [6.45, 7) is 10.6. The first kappa shape index (κ1) is 16.8. The van der Waals surface area contributed by atoms with Crippen LogP contribution in [0.1, 0.15) is 58.6 Å². The molecule has 4 heteroatoms. The molecule has 22 heavy (non-hydrogen) atoms. The predicted molar refractivity (Wildman–Crippen MR) is 90.3 cm³/mol. The Morgan fingerprint density at radius 3 is 2.64 bits per heavy atom. The minimum Gasteiger partial charge on any atom is -0.392 e. The van der Waals surface area contributed by atoms with E-state index in [9.17, 15) is 4.79 Å². The molecule has 3 unspecified atom stereocenters. The van der Waals surface area contributed by atoms with Crippen LogP contribution in [0, 0.1) is 18.8 Å². The Kier molecular flexibility index (Phi) is 5.43. The maximum atomic E-state index is 12.0. The van der Waals surface area contributed by atoms with Crippen LogP contribution in [0.15, 0.2) is 28.3 Å². The van der Waals surface area contributed by atoms with Gasteiger partial charge in [0.25, 0.3) is 5.56 Å². The molecule has 0 fully saturated rings. The van der Waals surface area contributed by atoms with E-state index in [1.807, 2.05) is 23.8 Å². The van der Waals surface area contributed by atoms with Crippen molar-refractivity contribution in [3.63, 3.8) is 0 Å². The van der Waals surface area contributed by atoms with E-state index in [0.717, 1.165) is 24.8 Å². The van der Waals surface area contributed by atoms with Gasteiger partial charge in [0.1, 0.15) is 6.10 Å². The van der Waals surface area contributed by atoms with Crippen molar-refractivity contribution in [3.05, 3.63) is 34.2 Å². The van der Waals surface area contributed by atoms with E-state index in [2.05, 4.69) is 32.9 Å². The molecule has 0 radical (unpaired) electrons. The van der Waals surface area contributed by atoms with Crippen LogP contribution in [0.5, 0.6) is 0 Å². The van der Waals surface area contributed by atoms with Gasteiger partial charge < -0.3 is 9.40 Å². The molecule has 0 N–H and O–H groups in total. The summed E-state index contributed by atoms with van der Waals surface area (Å²) in [5.41, 5.74) is 2.27. The third-order valence-corrected chi connectivity index (χ3v) is 4.62. The van der Waals surface area contributed by atoms with E-state index in [-0.39, 0.29) is 17.7 Å². The van der Waals surface area contributed by atoms with E-state index >= 15 is 0 Å². The number of aryl methyl sites for hydroxylation is 1. The van der Waals surface area contributed by atoms with Crippen molar-refractivity contribution < 1.29 is 4.84 Å². The monoisotopic (exact) mass is 304 g/mol. The summed E-state index contributed by atoms with van der Waals surface area (Å²) in [6, 6.07) is 3.89. The van der Waals surface area contributed by atoms with E-state index in [0.29, 0.717) is 11.8 Å². The van der Waals surface area contributed by atoms with Crippen molar-refractivity contribution in [2.24, 2.45) is 17.0 Å². The number of rotatable bonds is 6. The highest BCUT2D eigenvalue weighted by Gasteiger charge is 2.27. The van der Waals surface area contributed by atoms with Crippen molar-refractivity contribution in [3.8, 4) is 0 Å². The van der Waals surface area contributed by atoms with Crippen molar-refractivity contribution in [2.45, 2.75) is 66.0 Å². The first-order valence-electron chi connectivity index (χ1n) is 8.30. The lowest BCUT2D eigenvalue weighted by molar-refractivity contribution is 0.0521. The third kappa shape index (κ3) is 3.99. The van der Waals surface area contributed by atoms with Gasteiger partial charge in [-0.25, -0.2) is 0 Å². The summed E-state index contributed by atoms with van der Waals surface area (Å²) in [4.78, 5) is 17.5. The molecule has 0 aliphatic carbocycles. The summed E-state index contributed by atoms with van der Waals surface area (Å²) in [5, 5.41) is 4.27. The summed E-state index contributed by atoms with van der Waals surface area (Å²) in [6.07, 6.45) is 5.06. The Bertz CT molecular complexity index is 589. The standard InChI is InChI=1S/C18H28N2O2/c1-12(2)17-11-16(19-22-17)14(4)6-7-15(5)20-9-8-13(3)10-18(20)21/h8-10,12,14-15,17H,6-7,11H2,1-5H3. The number of oxime groups is 1. The summed E-state index contributed by atoms with van der Waals surface area (Å²) in [5.74, 6) is 0.908. The average molecular weight is 304 g/mol. The average Bonchev–Trinajstić information content (AvgIpc) is 2.94. The molecule has 0 amide bonds. The molecule has 2 heterocycles. The minimum absolute atomic E-state index is 0.0848. The van der Waals surface area contributed by atoms with Crippen LogP contribution < -0.4 is 5.56 Å². The lowest BCUT2D eigenvalue weighted by Crippen LogP contribution is -2.23. The molecule has 3 atom stereocenters. The Balaban J connectivity index is 1.88. The molecule has 1 aliphatic rings. The fourth-order valence-corrected chi connectivity index (χ4v) is 2.81. The molecule has 0 bridgehead atoms. The van der Waals surface area contributed by atoms with Crippen LogP contribution >= 0.6 is 0 Å². The van der Waals surface area contributed by atoms with Gasteiger partial charge in [-0.3, -0.25) is 4.79 Å². The van der Waals surface area contributed by atoms with E-state index in [1.165, 1.54) is 5.71 Å². The van der Waals surface area contributed by atoms with Gasteiger partial charge in [-0.2, -0.15) is 0 Å². The van der Waals surface area contributed by atoms with Crippen LogP contribution in [0.2, 0.25) is 0 Å². The van der Waals surface area contributed by atoms with E-state index in [4.69, 9.17) is 4.84 Å². The van der Waals surface area contributed by atoms with Crippen molar-refractivity contribution in [2.75, 3.05) is 0 Å². The number of hydrogen-bond acceptors (Lipinski definition) is 3. The molecule has 0 saturated heterocycles. The zero-order chi connectivity index (χ0) is 16.3. The molecule has 1 aromatic heterocycles. The number of aromatic nitrogens is 1. The zero-order valence-corrected chi connectivity index (χ0v) is 14.4. The van der Waals surface area contributed by atoms with Crippen molar-refractivity contribution in [1.29, 1.82) is 0 Å². The molecule has 1 aliphatic heterocycles. The van der Waals surface area contributed by atoms with Gasteiger partial charge in [-0.15, -0.1) is 0 Å².